The maximum Gasteiger partial charge on any atom is 0.472 e. The lowest BCUT2D eigenvalue weighted by atomic mass is 10.1. The van der Waals surface area contributed by atoms with Gasteiger partial charge >= 0.3 is 25.7 Å². The molecule has 318 valence electrons. The first-order valence-electron chi connectivity index (χ1n) is 21.2. The molecular formula is C43H76NO10P. The molecule has 0 aromatic rings. The van der Waals surface area contributed by atoms with Gasteiger partial charge in [-0.15, -0.1) is 0 Å². The minimum atomic E-state index is -4.72. The molecule has 0 heterocycles. The zero-order chi connectivity index (χ0) is 40.7. The first-order chi connectivity index (χ1) is 26.6. The van der Waals surface area contributed by atoms with Gasteiger partial charge in [0.15, 0.2) is 6.10 Å². The monoisotopic (exact) mass is 798 g/mol. The van der Waals surface area contributed by atoms with Crippen LogP contribution in [0.4, 0.5) is 0 Å². The maximum absolute atomic E-state index is 12.6. The maximum atomic E-state index is 12.6. The molecule has 0 aliphatic carbocycles. The zero-order valence-electron chi connectivity index (χ0n) is 34.3. The molecule has 0 aliphatic heterocycles. The second-order valence-corrected chi connectivity index (χ2v) is 15.6. The smallest absolute Gasteiger partial charge is 0.472 e. The van der Waals surface area contributed by atoms with Crippen LogP contribution in [0.15, 0.2) is 48.6 Å². The molecule has 0 aliphatic rings. The van der Waals surface area contributed by atoms with Gasteiger partial charge in [-0.3, -0.25) is 23.4 Å². The molecule has 0 rings (SSSR count). The van der Waals surface area contributed by atoms with E-state index in [4.69, 9.17) is 24.8 Å². The number of carboxylic acids is 1. The second-order valence-electron chi connectivity index (χ2n) is 14.1. The lowest BCUT2D eigenvalue weighted by molar-refractivity contribution is -0.161. The highest BCUT2D eigenvalue weighted by atomic mass is 31.2. The Labute approximate surface area is 333 Å². The van der Waals surface area contributed by atoms with Crippen molar-refractivity contribution >= 4 is 25.7 Å². The Bertz CT molecular complexity index is 1120. The summed E-state index contributed by atoms with van der Waals surface area (Å²) in [4.78, 5) is 45.9. The second kappa shape index (κ2) is 38.3. The van der Waals surface area contributed by atoms with E-state index >= 15 is 0 Å². The van der Waals surface area contributed by atoms with Crippen LogP contribution in [0, 0.1) is 0 Å². The van der Waals surface area contributed by atoms with Crippen molar-refractivity contribution in [3.63, 3.8) is 0 Å². The molecule has 0 radical (unpaired) electrons. The van der Waals surface area contributed by atoms with Crippen LogP contribution in [-0.4, -0.2) is 59.9 Å². The van der Waals surface area contributed by atoms with Crippen molar-refractivity contribution in [3.8, 4) is 0 Å². The van der Waals surface area contributed by atoms with Gasteiger partial charge in [0.2, 0.25) is 0 Å². The summed E-state index contributed by atoms with van der Waals surface area (Å²) in [6, 6.07) is -1.53. The van der Waals surface area contributed by atoms with E-state index in [0.29, 0.717) is 12.8 Å². The third kappa shape index (κ3) is 38.1. The van der Waals surface area contributed by atoms with Gasteiger partial charge in [0, 0.05) is 12.8 Å². The molecule has 55 heavy (non-hydrogen) atoms. The van der Waals surface area contributed by atoms with Crippen LogP contribution in [-0.2, 0) is 37.5 Å². The van der Waals surface area contributed by atoms with Gasteiger partial charge in [0.1, 0.15) is 12.6 Å². The van der Waals surface area contributed by atoms with Crippen molar-refractivity contribution < 1.29 is 47.5 Å². The first-order valence-corrected chi connectivity index (χ1v) is 22.7. The molecule has 12 heteroatoms. The third-order valence-electron chi connectivity index (χ3n) is 8.80. The van der Waals surface area contributed by atoms with E-state index in [0.717, 1.165) is 89.9 Å². The Morgan fingerprint density at radius 1 is 0.564 bits per heavy atom. The Morgan fingerprint density at radius 3 is 1.45 bits per heavy atom. The van der Waals surface area contributed by atoms with Crippen LogP contribution in [0.5, 0.6) is 0 Å². The van der Waals surface area contributed by atoms with Crippen molar-refractivity contribution in [2.75, 3.05) is 19.8 Å². The number of hydrogen-bond donors (Lipinski definition) is 3. The number of phosphoric ester groups is 1. The predicted molar refractivity (Wildman–Crippen MR) is 222 cm³/mol. The summed E-state index contributed by atoms with van der Waals surface area (Å²) < 4.78 is 32.6. The molecule has 0 aromatic heterocycles. The highest BCUT2D eigenvalue weighted by Crippen LogP contribution is 2.43. The number of hydrogen-bond acceptors (Lipinski definition) is 9. The Balaban J connectivity index is 4.41. The molecule has 0 fully saturated rings. The van der Waals surface area contributed by atoms with Gasteiger partial charge in [0.25, 0.3) is 0 Å². The topological polar surface area (TPSA) is 172 Å². The van der Waals surface area contributed by atoms with Crippen molar-refractivity contribution in [2.45, 2.75) is 187 Å². The van der Waals surface area contributed by atoms with E-state index in [2.05, 4.69) is 67.0 Å². The molecule has 0 aromatic carbocycles. The minimum Gasteiger partial charge on any atom is -0.480 e. The number of esters is 2. The molecule has 3 atom stereocenters. The summed E-state index contributed by atoms with van der Waals surface area (Å²) >= 11 is 0. The number of nitrogens with two attached hydrogens (primary N) is 1. The molecule has 0 spiro atoms. The number of ether oxygens (including phenoxy) is 2. The van der Waals surface area contributed by atoms with Gasteiger partial charge in [-0.25, -0.2) is 4.57 Å². The van der Waals surface area contributed by atoms with E-state index in [1.54, 1.807) is 0 Å². The molecular weight excluding hydrogens is 721 g/mol. The quantitative estimate of drug-likeness (QED) is 0.0234. The molecule has 4 N–H and O–H groups in total. The van der Waals surface area contributed by atoms with Crippen molar-refractivity contribution in [1.29, 1.82) is 0 Å². The number of carbonyl (C=O) groups excluding carboxylic acids is 2. The van der Waals surface area contributed by atoms with Crippen LogP contribution in [0.3, 0.4) is 0 Å². The Hall–Kier alpha value is -2.56. The fourth-order valence-electron chi connectivity index (χ4n) is 5.42. The van der Waals surface area contributed by atoms with Crippen molar-refractivity contribution in [2.24, 2.45) is 5.73 Å². The van der Waals surface area contributed by atoms with Gasteiger partial charge in [-0.1, -0.05) is 133 Å². The van der Waals surface area contributed by atoms with Crippen molar-refractivity contribution in [1.82, 2.24) is 0 Å². The van der Waals surface area contributed by atoms with Gasteiger partial charge in [-0.2, -0.15) is 0 Å². The summed E-state index contributed by atoms with van der Waals surface area (Å²) in [6.45, 7) is 2.72. The van der Waals surface area contributed by atoms with Gasteiger partial charge in [-0.05, 0) is 77.0 Å². The summed E-state index contributed by atoms with van der Waals surface area (Å²) in [7, 11) is -4.72. The minimum absolute atomic E-state index is 0.144. The summed E-state index contributed by atoms with van der Waals surface area (Å²) in [5, 5.41) is 8.88. The van der Waals surface area contributed by atoms with Gasteiger partial charge < -0.3 is 25.2 Å². The predicted octanol–water partition coefficient (Wildman–Crippen LogP) is 11.0. The number of carboxylic acid groups (broad SMARTS) is 1. The number of allylic oxidation sites excluding steroid dienone is 8. The van der Waals surface area contributed by atoms with E-state index in [9.17, 15) is 23.8 Å². The summed E-state index contributed by atoms with van der Waals surface area (Å²) in [5.74, 6) is -2.41. The van der Waals surface area contributed by atoms with E-state index in [1.165, 1.54) is 44.9 Å². The number of unbranched alkanes of at least 4 members (excludes halogenated alkanes) is 17. The average molecular weight is 798 g/mol. The van der Waals surface area contributed by atoms with Crippen LogP contribution in [0.25, 0.3) is 0 Å². The standard InChI is InChI=1S/C43H76NO10P/c1-3-5-7-9-11-13-15-17-18-19-20-21-22-23-25-27-29-31-33-35-42(46)54-39(37-52-55(49,50)53-38-40(44)43(47)48)36-51-41(45)34-32-30-28-26-24-16-14-12-10-8-6-4-2/h11-14,17-18,20-21,39-40H,3-10,15-16,19,22-38,44H2,1-2H3,(H,47,48)(H,49,50)/b13-11-,14-12-,18-17-,21-20-. The number of aliphatic carboxylic acids is 1. The Morgan fingerprint density at radius 2 is 0.964 bits per heavy atom. The van der Waals surface area contributed by atoms with Crippen LogP contribution < -0.4 is 5.73 Å². The fraction of sp³-hybridized carbons (Fsp3) is 0.744. The highest BCUT2D eigenvalue weighted by Gasteiger charge is 2.28. The fourth-order valence-corrected chi connectivity index (χ4v) is 6.20. The average Bonchev–Trinajstić information content (AvgIpc) is 3.16. The largest absolute Gasteiger partial charge is 0.480 e. The number of carbonyl (C=O) groups is 3. The number of rotatable bonds is 39. The normalized spacial score (nSPS) is 14.3. The third-order valence-corrected chi connectivity index (χ3v) is 9.75. The molecule has 0 amide bonds. The molecule has 3 unspecified atom stereocenters. The highest BCUT2D eigenvalue weighted by molar-refractivity contribution is 7.47. The van der Waals surface area contributed by atoms with Crippen LogP contribution >= 0.6 is 7.82 Å². The molecule has 0 bridgehead atoms. The Kier molecular flexibility index (Phi) is 36.5. The summed E-state index contributed by atoms with van der Waals surface area (Å²) in [5.41, 5.74) is 5.32. The number of phosphoric acid groups is 1. The molecule has 0 saturated heterocycles. The lowest BCUT2D eigenvalue weighted by Gasteiger charge is -2.20. The van der Waals surface area contributed by atoms with Crippen LogP contribution in [0.1, 0.15) is 174 Å². The van der Waals surface area contributed by atoms with Crippen molar-refractivity contribution in [3.05, 3.63) is 48.6 Å². The van der Waals surface area contributed by atoms with E-state index < -0.39 is 51.1 Å². The van der Waals surface area contributed by atoms with Crippen LogP contribution in [0.2, 0.25) is 0 Å². The lowest BCUT2D eigenvalue weighted by Crippen LogP contribution is -2.34. The van der Waals surface area contributed by atoms with E-state index in [-0.39, 0.29) is 19.4 Å². The molecule has 0 saturated carbocycles. The first kappa shape index (κ1) is 52.4. The molecule has 11 nitrogen and oxygen atoms in total. The summed E-state index contributed by atoms with van der Waals surface area (Å²) in [6.07, 6.45) is 41.7. The zero-order valence-corrected chi connectivity index (χ0v) is 35.2. The van der Waals surface area contributed by atoms with Gasteiger partial charge in [0.05, 0.1) is 13.2 Å². The van der Waals surface area contributed by atoms with E-state index in [1.807, 2.05) is 0 Å². The SMILES string of the molecule is CCCCC/C=C\C/C=C\C/C=C\CCCCCCCCC(=O)OC(COC(=O)CCCCCCC/C=C\CCCCC)COP(=O)(O)OCC(N)C(=O)O.